The second-order valence-electron chi connectivity index (χ2n) is 8.66. The van der Waals surface area contributed by atoms with Crippen molar-refractivity contribution >= 4 is 31.5 Å². The molecule has 0 spiro atoms. The average Bonchev–Trinajstić information content (AvgIpc) is 3.22. The lowest BCUT2D eigenvalue weighted by molar-refractivity contribution is 0.660. The molecule has 4 aromatic carbocycles. The lowest BCUT2D eigenvalue weighted by atomic mass is 9.81. The summed E-state index contributed by atoms with van der Waals surface area (Å²) in [5, 5.41) is 2.75. The van der Waals surface area contributed by atoms with E-state index in [2.05, 4.69) is 99.6 Å². The second kappa shape index (κ2) is 5.81. The number of aryl methyl sites for hydroxylation is 1. The highest BCUT2D eigenvalue weighted by Gasteiger charge is 2.36. The van der Waals surface area contributed by atoms with Crippen LogP contribution in [0, 0.1) is 6.92 Å². The zero-order valence-electron chi connectivity index (χ0n) is 16.9. The summed E-state index contributed by atoms with van der Waals surface area (Å²) in [5.41, 5.74) is 9.76. The maximum atomic E-state index is 2.44. The molecule has 1 aliphatic rings. The minimum absolute atomic E-state index is 0.0251. The molecular weight excluding hydrogens is 368 g/mol. The number of thiophene rings is 1. The Bertz CT molecular complexity index is 1430. The maximum absolute atomic E-state index is 2.44. The van der Waals surface area contributed by atoms with Gasteiger partial charge in [-0.05, 0) is 64.1 Å². The Kier molecular flexibility index (Phi) is 3.40. The highest BCUT2D eigenvalue weighted by molar-refractivity contribution is 7.25. The third kappa shape index (κ3) is 2.25. The Morgan fingerprint density at radius 2 is 1.48 bits per heavy atom. The summed E-state index contributed by atoms with van der Waals surface area (Å²) in [7, 11) is 0. The Balaban J connectivity index is 1.64. The van der Waals surface area contributed by atoms with Gasteiger partial charge in [-0.15, -0.1) is 11.3 Å². The van der Waals surface area contributed by atoms with Crippen molar-refractivity contribution in [2.45, 2.75) is 26.2 Å². The van der Waals surface area contributed by atoms with Gasteiger partial charge >= 0.3 is 0 Å². The summed E-state index contributed by atoms with van der Waals surface area (Å²) in [6.45, 7) is 6.96. The number of hydrogen-bond donors (Lipinski definition) is 0. The molecule has 0 saturated heterocycles. The molecule has 0 bridgehead atoms. The van der Waals surface area contributed by atoms with Gasteiger partial charge in [0.2, 0.25) is 0 Å². The van der Waals surface area contributed by atoms with E-state index in [0.29, 0.717) is 0 Å². The van der Waals surface area contributed by atoms with Crippen LogP contribution in [0.25, 0.3) is 42.4 Å². The van der Waals surface area contributed by atoms with Gasteiger partial charge in [-0.1, -0.05) is 74.5 Å². The maximum Gasteiger partial charge on any atom is 0.0361 e. The van der Waals surface area contributed by atoms with E-state index in [0.717, 1.165) is 0 Å². The molecule has 6 rings (SSSR count). The molecule has 1 heteroatoms. The summed E-state index contributed by atoms with van der Waals surface area (Å²) in [5.74, 6) is 0. The predicted octanol–water partition coefficient (Wildman–Crippen LogP) is 8.34. The Labute approximate surface area is 175 Å². The van der Waals surface area contributed by atoms with Gasteiger partial charge < -0.3 is 0 Å². The van der Waals surface area contributed by atoms with Crippen LogP contribution in [0.2, 0.25) is 0 Å². The topological polar surface area (TPSA) is 0 Å². The van der Waals surface area contributed by atoms with Crippen molar-refractivity contribution in [2.75, 3.05) is 0 Å². The summed E-state index contributed by atoms with van der Waals surface area (Å²) >= 11 is 1.89. The van der Waals surface area contributed by atoms with Gasteiger partial charge in [0, 0.05) is 25.6 Å². The van der Waals surface area contributed by atoms with Crippen LogP contribution in [0.1, 0.15) is 30.5 Å². The fourth-order valence-corrected chi connectivity index (χ4v) is 6.29. The van der Waals surface area contributed by atoms with E-state index in [1.165, 1.54) is 59.1 Å². The molecule has 0 N–H and O–H groups in total. The Morgan fingerprint density at radius 3 is 2.38 bits per heavy atom. The van der Waals surface area contributed by atoms with Crippen molar-refractivity contribution in [3.8, 4) is 22.3 Å². The zero-order valence-corrected chi connectivity index (χ0v) is 17.7. The van der Waals surface area contributed by atoms with Gasteiger partial charge in [0.1, 0.15) is 0 Å². The van der Waals surface area contributed by atoms with Crippen molar-refractivity contribution in [3.05, 3.63) is 95.6 Å². The summed E-state index contributed by atoms with van der Waals surface area (Å²) < 4.78 is 2.72. The van der Waals surface area contributed by atoms with E-state index in [1.807, 2.05) is 11.3 Å². The minimum atomic E-state index is 0.0251. The highest BCUT2D eigenvalue weighted by atomic mass is 32.1. The highest BCUT2D eigenvalue weighted by Crippen LogP contribution is 2.51. The lowest BCUT2D eigenvalue weighted by Crippen LogP contribution is -2.15. The van der Waals surface area contributed by atoms with Crippen LogP contribution >= 0.6 is 11.3 Å². The van der Waals surface area contributed by atoms with Crippen molar-refractivity contribution in [1.82, 2.24) is 0 Å². The molecule has 29 heavy (non-hydrogen) atoms. The van der Waals surface area contributed by atoms with Gasteiger partial charge in [0.25, 0.3) is 0 Å². The van der Waals surface area contributed by atoms with Crippen molar-refractivity contribution in [2.24, 2.45) is 0 Å². The monoisotopic (exact) mass is 390 g/mol. The third-order valence-corrected chi connectivity index (χ3v) is 7.76. The van der Waals surface area contributed by atoms with E-state index in [4.69, 9.17) is 0 Å². The first-order valence-corrected chi connectivity index (χ1v) is 11.0. The van der Waals surface area contributed by atoms with Crippen LogP contribution in [-0.2, 0) is 5.41 Å². The molecule has 5 aromatic rings. The third-order valence-electron chi connectivity index (χ3n) is 6.62. The average molecular weight is 391 g/mol. The zero-order chi connectivity index (χ0) is 19.8. The normalized spacial score (nSPS) is 14.3. The number of hydrogen-bond acceptors (Lipinski definition) is 1. The molecule has 0 aliphatic heterocycles. The van der Waals surface area contributed by atoms with Gasteiger partial charge in [0.05, 0.1) is 0 Å². The van der Waals surface area contributed by atoms with E-state index in [-0.39, 0.29) is 5.41 Å². The Morgan fingerprint density at radius 1 is 0.690 bits per heavy atom. The summed E-state index contributed by atoms with van der Waals surface area (Å²) in [6.07, 6.45) is 0. The number of fused-ring (bicyclic) bond motifs is 6. The van der Waals surface area contributed by atoms with E-state index >= 15 is 0 Å². The van der Waals surface area contributed by atoms with Gasteiger partial charge in [-0.25, -0.2) is 0 Å². The summed E-state index contributed by atoms with van der Waals surface area (Å²) in [6, 6.07) is 29.3. The van der Waals surface area contributed by atoms with E-state index in [9.17, 15) is 0 Å². The Hall–Kier alpha value is -2.90. The standard InChI is InChI=1S/C28H22S/c1-17-8-6-11-22-26(17)20-15-14-18(16-23(20)28(22,2)3)19-10-7-13-25-27(19)21-9-4-5-12-24(21)29-25/h4-16H,1-3H3. The molecule has 0 fully saturated rings. The van der Waals surface area contributed by atoms with Gasteiger partial charge in [0.15, 0.2) is 0 Å². The predicted molar refractivity (Wildman–Crippen MR) is 127 cm³/mol. The molecule has 140 valence electrons. The van der Waals surface area contributed by atoms with Crippen molar-refractivity contribution in [3.63, 3.8) is 0 Å². The quantitative estimate of drug-likeness (QED) is 0.270. The fraction of sp³-hybridized carbons (Fsp3) is 0.143. The van der Waals surface area contributed by atoms with Crippen LogP contribution in [-0.4, -0.2) is 0 Å². The van der Waals surface area contributed by atoms with Crippen LogP contribution in [0.3, 0.4) is 0 Å². The summed E-state index contributed by atoms with van der Waals surface area (Å²) in [4.78, 5) is 0. The molecular formula is C28H22S. The van der Waals surface area contributed by atoms with E-state index in [1.54, 1.807) is 0 Å². The minimum Gasteiger partial charge on any atom is -0.135 e. The number of benzene rings is 4. The molecule has 0 atom stereocenters. The van der Waals surface area contributed by atoms with Crippen LogP contribution in [0.5, 0.6) is 0 Å². The van der Waals surface area contributed by atoms with Crippen LogP contribution < -0.4 is 0 Å². The van der Waals surface area contributed by atoms with Gasteiger partial charge in [-0.3, -0.25) is 0 Å². The SMILES string of the molecule is Cc1cccc2c1-c1ccc(-c3cccc4sc5ccccc5c34)cc1C2(C)C. The van der Waals surface area contributed by atoms with Gasteiger partial charge in [-0.2, -0.15) is 0 Å². The molecule has 0 nitrogen and oxygen atoms in total. The molecule has 1 aromatic heterocycles. The smallest absolute Gasteiger partial charge is 0.0361 e. The first kappa shape index (κ1) is 17.0. The first-order chi connectivity index (χ1) is 14.1. The largest absolute Gasteiger partial charge is 0.135 e. The van der Waals surface area contributed by atoms with Crippen LogP contribution in [0.4, 0.5) is 0 Å². The first-order valence-electron chi connectivity index (χ1n) is 10.2. The molecule has 0 radical (unpaired) electrons. The van der Waals surface area contributed by atoms with Crippen molar-refractivity contribution in [1.29, 1.82) is 0 Å². The molecule has 0 amide bonds. The van der Waals surface area contributed by atoms with Crippen molar-refractivity contribution < 1.29 is 0 Å². The molecule has 1 heterocycles. The molecule has 0 saturated carbocycles. The fourth-order valence-electron chi connectivity index (χ4n) is 5.15. The molecule has 0 unspecified atom stereocenters. The van der Waals surface area contributed by atoms with E-state index < -0.39 is 0 Å². The van der Waals surface area contributed by atoms with Crippen LogP contribution in [0.15, 0.2) is 78.9 Å². The lowest BCUT2D eigenvalue weighted by Gasteiger charge is -2.22. The second-order valence-corrected chi connectivity index (χ2v) is 9.74. The molecule has 1 aliphatic carbocycles. The number of rotatable bonds is 1.